The summed E-state index contributed by atoms with van der Waals surface area (Å²) in [5.74, 6) is -0.288. The molecule has 0 fully saturated rings. The Kier molecular flexibility index (Phi) is 4.59. The van der Waals surface area contributed by atoms with Crippen LogP contribution in [0.5, 0.6) is 0 Å². The normalized spacial score (nSPS) is 10.7. The number of nitrogens with zero attached hydrogens (tertiary/aromatic N) is 1. The summed E-state index contributed by atoms with van der Waals surface area (Å²) in [6, 6.07) is 14.7. The Bertz CT molecular complexity index is 834. The predicted molar refractivity (Wildman–Crippen MR) is 81.9 cm³/mol. The molecular formula is C16H14N2O3S. The van der Waals surface area contributed by atoms with Crippen LogP contribution in [0.25, 0.3) is 0 Å². The molecule has 0 spiro atoms. The van der Waals surface area contributed by atoms with Gasteiger partial charge in [-0.25, -0.2) is 8.42 Å². The summed E-state index contributed by atoms with van der Waals surface area (Å²) in [7, 11) is -3.22. The van der Waals surface area contributed by atoms with Crippen LogP contribution in [-0.4, -0.2) is 20.6 Å². The molecule has 0 aromatic heterocycles. The molecule has 0 heterocycles. The Morgan fingerprint density at radius 1 is 1.18 bits per heavy atom. The summed E-state index contributed by atoms with van der Waals surface area (Å²) in [5, 5.41) is 11.5. The first-order valence-corrected chi connectivity index (χ1v) is 8.36. The molecule has 22 heavy (non-hydrogen) atoms. The number of carbonyl (C=O) groups is 1. The van der Waals surface area contributed by atoms with Crippen LogP contribution in [0.1, 0.15) is 21.5 Å². The molecule has 0 radical (unpaired) electrons. The summed E-state index contributed by atoms with van der Waals surface area (Å²) >= 11 is 0. The highest BCUT2D eigenvalue weighted by molar-refractivity contribution is 7.90. The summed E-state index contributed by atoms with van der Waals surface area (Å²) in [6.45, 7) is 0.277. The van der Waals surface area contributed by atoms with E-state index in [-0.39, 0.29) is 17.3 Å². The molecule has 2 aromatic rings. The Hall–Kier alpha value is -2.65. The summed E-state index contributed by atoms with van der Waals surface area (Å²) in [5.41, 5.74) is 1.62. The van der Waals surface area contributed by atoms with E-state index in [1.807, 2.05) is 6.07 Å². The molecule has 0 aliphatic carbocycles. The molecule has 0 aliphatic rings. The molecule has 0 bridgehead atoms. The van der Waals surface area contributed by atoms with Gasteiger partial charge in [0.25, 0.3) is 5.91 Å². The third kappa shape index (κ3) is 3.93. The molecule has 2 rings (SSSR count). The summed E-state index contributed by atoms with van der Waals surface area (Å²) in [6.07, 6.45) is 1.14. The van der Waals surface area contributed by atoms with Crippen LogP contribution < -0.4 is 5.32 Å². The number of sulfone groups is 1. The zero-order valence-corrected chi connectivity index (χ0v) is 12.7. The average molecular weight is 314 g/mol. The molecule has 0 saturated carbocycles. The molecule has 2 aromatic carbocycles. The molecule has 0 aliphatic heterocycles. The second-order valence-corrected chi connectivity index (χ2v) is 6.81. The summed E-state index contributed by atoms with van der Waals surface area (Å²) in [4.78, 5) is 12.2. The van der Waals surface area contributed by atoms with Crippen LogP contribution in [-0.2, 0) is 16.4 Å². The largest absolute Gasteiger partial charge is 0.348 e. The van der Waals surface area contributed by atoms with Gasteiger partial charge in [0.15, 0.2) is 9.84 Å². The van der Waals surface area contributed by atoms with Gasteiger partial charge in [-0.3, -0.25) is 4.79 Å². The van der Waals surface area contributed by atoms with E-state index in [1.54, 1.807) is 30.3 Å². The van der Waals surface area contributed by atoms with Gasteiger partial charge in [0.1, 0.15) is 0 Å². The molecule has 5 nitrogen and oxygen atoms in total. The van der Waals surface area contributed by atoms with Crippen LogP contribution in [0.3, 0.4) is 0 Å². The van der Waals surface area contributed by atoms with Gasteiger partial charge in [0.05, 0.1) is 16.5 Å². The maximum Gasteiger partial charge on any atom is 0.251 e. The predicted octanol–water partition coefficient (Wildman–Crippen LogP) is 1.89. The minimum absolute atomic E-state index is 0.240. The van der Waals surface area contributed by atoms with Crippen molar-refractivity contribution < 1.29 is 13.2 Å². The van der Waals surface area contributed by atoms with Gasteiger partial charge in [0.2, 0.25) is 0 Å². The Morgan fingerprint density at radius 3 is 2.45 bits per heavy atom. The Balaban J connectivity index is 2.03. The van der Waals surface area contributed by atoms with Gasteiger partial charge in [-0.1, -0.05) is 18.2 Å². The van der Waals surface area contributed by atoms with Crippen molar-refractivity contribution >= 4 is 15.7 Å². The van der Waals surface area contributed by atoms with Crippen LogP contribution in [0.2, 0.25) is 0 Å². The third-order valence-electron chi connectivity index (χ3n) is 3.06. The number of amides is 1. The topological polar surface area (TPSA) is 87.0 Å². The lowest BCUT2D eigenvalue weighted by atomic mass is 10.1. The molecule has 112 valence electrons. The number of benzene rings is 2. The van der Waals surface area contributed by atoms with E-state index in [0.717, 1.165) is 11.8 Å². The minimum atomic E-state index is -3.22. The second-order valence-electron chi connectivity index (χ2n) is 4.79. The lowest BCUT2D eigenvalue weighted by molar-refractivity contribution is 0.0951. The average Bonchev–Trinajstić information content (AvgIpc) is 2.52. The van der Waals surface area contributed by atoms with Crippen LogP contribution in [0, 0.1) is 11.3 Å². The van der Waals surface area contributed by atoms with Gasteiger partial charge < -0.3 is 5.32 Å². The maximum absolute atomic E-state index is 12.0. The van der Waals surface area contributed by atoms with E-state index in [0.29, 0.717) is 11.1 Å². The maximum atomic E-state index is 12.0. The molecule has 0 unspecified atom stereocenters. The minimum Gasteiger partial charge on any atom is -0.348 e. The van der Waals surface area contributed by atoms with Crippen molar-refractivity contribution in [3.63, 3.8) is 0 Å². The standard InChI is InChI=1S/C16H14N2O3S/c1-22(20,21)15-7-5-12(6-8-15)11-18-16(19)14-4-2-3-13(9-14)10-17/h2-9H,11H2,1H3,(H,18,19). The molecule has 0 atom stereocenters. The Labute approximate surface area is 129 Å². The fourth-order valence-corrected chi connectivity index (χ4v) is 2.50. The number of nitriles is 1. The SMILES string of the molecule is CS(=O)(=O)c1ccc(CNC(=O)c2cccc(C#N)c2)cc1. The molecular weight excluding hydrogens is 300 g/mol. The van der Waals surface area contributed by atoms with E-state index in [9.17, 15) is 13.2 Å². The zero-order chi connectivity index (χ0) is 16.2. The summed E-state index contributed by atoms with van der Waals surface area (Å²) < 4.78 is 22.7. The number of nitrogens with one attached hydrogen (secondary N) is 1. The van der Waals surface area contributed by atoms with Gasteiger partial charge >= 0.3 is 0 Å². The third-order valence-corrected chi connectivity index (χ3v) is 4.19. The van der Waals surface area contributed by atoms with Gasteiger partial charge in [-0.2, -0.15) is 5.26 Å². The molecule has 6 heteroatoms. The number of rotatable bonds is 4. The van der Waals surface area contributed by atoms with Gasteiger partial charge in [-0.05, 0) is 35.9 Å². The van der Waals surface area contributed by atoms with Crippen molar-refractivity contribution in [1.82, 2.24) is 5.32 Å². The number of carbonyl (C=O) groups excluding carboxylic acids is 1. The number of hydrogen-bond acceptors (Lipinski definition) is 4. The molecule has 0 saturated heterocycles. The smallest absolute Gasteiger partial charge is 0.251 e. The van der Waals surface area contributed by atoms with Crippen molar-refractivity contribution in [3.05, 3.63) is 65.2 Å². The first kappa shape index (κ1) is 15.7. The van der Waals surface area contributed by atoms with Crippen molar-refractivity contribution in [3.8, 4) is 6.07 Å². The highest BCUT2D eigenvalue weighted by Gasteiger charge is 2.08. The van der Waals surface area contributed by atoms with Crippen LogP contribution in [0.4, 0.5) is 0 Å². The van der Waals surface area contributed by atoms with E-state index >= 15 is 0 Å². The van der Waals surface area contributed by atoms with Crippen LogP contribution in [0.15, 0.2) is 53.4 Å². The first-order chi connectivity index (χ1) is 10.4. The first-order valence-electron chi connectivity index (χ1n) is 6.47. The van der Waals surface area contributed by atoms with E-state index in [1.165, 1.54) is 18.2 Å². The second kappa shape index (κ2) is 6.41. The lowest BCUT2D eigenvalue weighted by Crippen LogP contribution is -2.22. The molecule has 1 amide bonds. The quantitative estimate of drug-likeness (QED) is 0.933. The fourth-order valence-electron chi connectivity index (χ4n) is 1.87. The number of hydrogen-bond donors (Lipinski definition) is 1. The Morgan fingerprint density at radius 2 is 1.86 bits per heavy atom. The molecule has 1 N–H and O–H groups in total. The highest BCUT2D eigenvalue weighted by Crippen LogP contribution is 2.10. The lowest BCUT2D eigenvalue weighted by Gasteiger charge is -2.06. The van der Waals surface area contributed by atoms with Gasteiger partial charge in [0, 0.05) is 18.4 Å². The van der Waals surface area contributed by atoms with Crippen molar-refractivity contribution in [1.29, 1.82) is 5.26 Å². The van der Waals surface area contributed by atoms with Crippen molar-refractivity contribution in [2.45, 2.75) is 11.4 Å². The van der Waals surface area contributed by atoms with E-state index in [2.05, 4.69) is 5.32 Å². The highest BCUT2D eigenvalue weighted by atomic mass is 32.2. The fraction of sp³-hybridized carbons (Fsp3) is 0.125. The van der Waals surface area contributed by atoms with E-state index < -0.39 is 9.84 Å². The zero-order valence-electron chi connectivity index (χ0n) is 11.9. The van der Waals surface area contributed by atoms with Crippen molar-refractivity contribution in [2.75, 3.05) is 6.26 Å². The van der Waals surface area contributed by atoms with E-state index in [4.69, 9.17) is 5.26 Å². The monoisotopic (exact) mass is 314 g/mol. The van der Waals surface area contributed by atoms with Gasteiger partial charge in [-0.15, -0.1) is 0 Å². The van der Waals surface area contributed by atoms with Crippen molar-refractivity contribution in [2.24, 2.45) is 0 Å². The van der Waals surface area contributed by atoms with Crippen LogP contribution >= 0.6 is 0 Å².